The van der Waals surface area contributed by atoms with E-state index < -0.39 is 0 Å². The Morgan fingerprint density at radius 2 is 0.750 bits per heavy atom. The van der Waals surface area contributed by atoms with Crippen LogP contribution >= 0.6 is 0 Å². The van der Waals surface area contributed by atoms with Gasteiger partial charge in [0, 0.05) is 11.8 Å². The Morgan fingerprint density at radius 3 is 1.00 bits per heavy atom. The van der Waals surface area contributed by atoms with Gasteiger partial charge in [0.05, 0.1) is 0 Å². The number of benzene rings is 3. The molecule has 0 aromatic heterocycles. The number of rotatable bonds is 0. The van der Waals surface area contributed by atoms with Crippen molar-refractivity contribution in [2.24, 2.45) is 0 Å². The molecule has 0 saturated heterocycles. The third-order valence-corrected chi connectivity index (χ3v) is 6.72. The van der Waals surface area contributed by atoms with E-state index in [-0.39, 0.29) is 10.8 Å². The minimum Gasteiger partial charge on any atom is -0.0619 e. The summed E-state index contributed by atoms with van der Waals surface area (Å²) in [5.41, 5.74) is 12.5. The maximum absolute atomic E-state index is 2.42. The van der Waals surface area contributed by atoms with Gasteiger partial charge < -0.3 is 0 Å². The first-order valence-electron chi connectivity index (χ1n) is 10.5. The standard InChI is InChI=1S/C28H30/c1-27(2,3)21-15-16-22(28(4,5)6)26-24-19-13-9-7-11-17(19)23(25(21)26)18-12-8-10-14-20(18)24/h7-16,23-24H,1-6H3. The van der Waals surface area contributed by atoms with Crippen LogP contribution in [0.5, 0.6) is 0 Å². The van der Waals surface area contributed by atoms with Crippen molar-refractivity contribution in [1.82, 2.24) is 0 Å². The smallest absolute Gasteiger partial charge is 0.0352 e. The number of hydrogen-bond donors (Lipinski definition) is 0. The molecule has 6 rings (SSSR count). The highest BCUT2D eigenvalue weighted by Gasteiger charge is 2.45. The average Bonchev–Trinajstić information content (AvgIpc) is 2.65. The molecule has 0 heteroatoms. The largest absolute Gasteiger partial charge is 0.0619 e. The molecule has 0 radical (unpaired) electrons. The van der Waals surface area contributed by atoms with E-state index in [9.17, 15) is 0 Å². The van der Waals surface area contributed by atoms with Crippen molar-refractivity contribution in [2.75, 3.05) is 0 Å². The SMILES string of the molecule is CC(C)(C)c1ccc(C(C)(C)C)c2c1C1c3ccccc3C2c2ccccc21. The summed E-state index contributed by atoms with van der Waals surface area (Å²) in [6.45, 7) is 14.2. The predicted molar refractivity (Wildman–Crippen MR) is 119 cm³/mol. The van der Waals surface area contributed by atoms with Gasteiger partial charge in [0.15, 0.2) is 0 Å². The van der Waals surface area contributed by atoms with Crippen LogP contribution in [0, 0.1) is 0 Å². The highest BCUT2D eigenvalue weighted by Crippen LogP contribution is 2.59. The highest BCUT2D eigenvalue weighted by molar-refractivity contribution is 5.71. The molecule has 28 heavy (non-hydrogen) atoms. The van der Waals surface area contributed by atoms with Crippen molar-refractivity contribution in [3.05, 3.63) is 105 Å². The Labute approximate surface area is 169 Å². The van der Waals surface area contributed by atoms with E-state index in [0.717, 1.165) is 0 Å². The molecule has 0 fully saturated rings. The molecule has 3 aliphatic rings. The van der Waals surface area contributed by atoms with Crippen LogP contribution in [0.25, 0.3) is 0 Å². The van der Waals surface area contributed by atoms with Crippen molar-refractivity contribution < 1.29 is 0 Å². The summed E-state index contributed by atoms with van der Waals surface area (Å²) in [4.78, 5) is 0. The zero-order valence-corrected chi connectivity index (χ0v) is 17.9. The van der Waals surface area contributed by atoms with E-state index in [2.05, 4.69) is 102 Å². The third kappa shape index (κ3) is 2.30. The molecule has 0 aliphatic heterocycles. The molecule has 0 N–H and O–H groups in total. The van der Waals surface area contributed by atoms with Gasteiger partial charge in [-0.2, -0.15) is 0 Å². The summed E-state index contributed by atoms with van der Waals surface area (Å²) in [7, 11) is 0. The van der Waals surface area contributed by atoms with Crippen LogP contribution in [-0.4, -0.2) is 0 Å². The summed E-state index contributed by atoms with van der Waals surface area (Å²) in [5, 5.41) is 0. The summed E-state index contributed by atoms with van der Waals surface area (Å²) < 4.78 is 0. The molecule has 142 valence electrons. The van der Waals surface area contributed by atoms with Crippen LogP contribution in [0.15, 0.2) is 60.7 Å². The molecule has 0 saturated carbocycles. The van der Waals surface area contributed by atoms with Crippen molar-refractivity contribution in [1.29, 1.82) is 0 Å². The van der Waals surface area contributed by atoms with Crippen molar-refractivity contribution in [3.63, 3.8) is 0 Å². The first-order valence-corrected chi connectivity index (χ1v) is 10.5. The van der Waals surface area contributed by atoms with E-state index in [4.69, 9.17) is 0 Å². The Balaban J connectivity index is 1.95. The molecule has 0 nitrogen and oxygen atoms in total. The molecule has 0 spiro atoms. The van der Waals surface area contributed by atoms with E-state index in [1.165, 1.54) is 33.4 Å². The Bertz CT molecular complexity index is 951. The Hall–Kier alpha value is -2.34. The topological polar surface area (TPSA) is 0 Å². The van der Waals surface area contributed by atoms with Crippen LogP contribution < -0.4 is 0 Å². The zero-order chi connectivity index (χ0) is 19.8. The van der Waals surface area contributed by atoms with Gasteiger partial charge in [-0.3, -0.25) is 0 Å². The molecular formula is C28H30. The average molecular weight is 367 g/mol. The van der Waals surface area contributed by atoms with Crippen LogP contribution in [0.1, 0.15) is 97.9 Å². The van der Waals surface area contributed by atoms with Gasteiger partial charge in [-0.25, -0.2) is 0 Å². The summed E-state index contributed by atoms with van der Waals surface area (Å²) in [6.07, 6.45) is 0. The van der Waals surface area contributed by atoms with Gasteiger partial charge in [-0.1, -0.05) is 102 Å². The van der Waals surface area contributed by atoms with Gasteiger partial charge >= 0.3 is 0 Å². The van der Waals surface area contributed by atoms with Crippen molar-refractivity contribution in [2.45, 2.75) is 64.2 Å². The molecule has 0 atom stereocenters. The van der Waals surface area contributed by atoms with Crippen LogP contribution in [0.2, 0.25) is 0 Å². The van der Waals surface area contributed by atoms with Crippen LogP contribution in [0.4, 0.5) is 0 Å². The molecule has 2 bridgehead atoms. The molecule has 3 aromatic rings. The van der Waals surface area contributed by atoms with Gasteiger partial charge in [-0.05, 0) is 55.3 Å². The molecule has 3 aliphatic carbocycles. The van der Waals surface area contributed by atoms with Gasteiger partial charge in [0.1, 0.15) is 0 Å². The molecule has 3 aromatic carbocycles. The first-order chi connectivity index (χ1) is 13.2. The lowest BCUT2D eigenvalue weighted by Crippen LogP contribution is -2.33. The number of hydrogen-bond acceptors (Lipinski definition) is 0. The van der Waals surface area contributed by atoms with Gasteiger partial charge in [-0.15, -0.1) is 0 Å². The van der Waals surface area contributed by atoms with Gasteiger partial charge in [0.25, 0.3) is 0 Å². The second-order valence-electron chi connectivity index (χ2n) is 10.6. The lowest BCUT2D eigenvalue weighted by Gasteiger charge is -2.47. The summed E-state index contributed by atoms with van der Waals surface area (Å²) >= 11 is 0. The van der Waals surface area contributed by atoms with E-state index in [0.29, 0.717) is 11.8 Å². The fourth-order valence-corrected chi connectivity index (χ4v) is 5.60. The minimum absolute atomic E-state index is 0.127. The second kappa shape index (κ2) is 5.60. The highest BCUT2D eigenvalue weighted by atomic mass is 14.5. The lowest BCUT2D eigenvalue weighted by molar-refractivity contribution is 0.549. The van der Waals surface area contributed by atoms with Crippen molar-refractivity contribution >= 4 is 0 Å². The maximum atomic E-state index is 2.42. The van der Waals surface area contributed by atoms with Crippen LogP contribution in [-0.2, 0) is 10.8 Å². The zero-order valence-electron chi connectivity index (χ0n) is 17.9. The Morgan fingerprint density at radius 1 is 0.464 bits per heavy atom. The van der Waals surface area contributed by atoms with Crippen molar-refractivity contribution in [3.8, 4) is 0 Å². The fourth-order valence-electron chi connectivity index (χ4n) is 5.60. The first kappa shape index (κ1) is 17.7. The van der Waals surface area contributed by atoms with E-state index >= 15 is 0 Å². The predicted octanol–water partition coefficient (Wildman–Crippen LogP) is 7.27. The van der Waals surface area contributed by atoms with E-state index in [1.54, 1.807) is 11.1 Å². The summed E-state index contributed by atoms with van der Waals surface area (Å²) in [5.74, 6) is 0.702. The lowest BCUT2D eigenvalue weighted by atomic mass is 9.56. The fraction of sp³-hybridized carbons (Fsp3) is 0.357. The maximum Gasteiger partial charge on any atom is 0.0352 e. The second-order valence-corrected chi connectivity index (χ2v) is 10.6. The molecular weight excluding hydrogens is 336 g/mol. The molecule has 0 heterocycles. The van der Waals surface area contributed by atoms with E-state index in [1.807, 2.05) is 0 Å². The Kier molecular flexibility index (Phi) is 3.55. The van der Waals surface area contributed by atoms with Gasteiger partial charge in [0.2, 0.25) is 0 Å². The van der Waals surface area contributed by atoms with Crippen LogP contribution in [0.3, 0.4) is 0 Å². The molecule has 0 unspecified atom stereocenters. The monoisotopic (exact) mass is 366 g/mol. The normalized spacial score (nSPS) is 19.8. The molecule has 0 amide bonds. The minimum atomic E-state index is 0.127. The third-order valence-electron chi connectivity index (χ3n) is 6.72. The quantitative estimate of drug-likeness (QED) is 0.270. The summed E-state index contributed by atoms with van der Waals surface area (Å²) in [6, 6.07) is 23.2.